The van der Waals surface area contributed by atoms with Gasteiger partial charge in [-0.3, -0.25) is 48.5 Å². The highest BCUT2D eigenvalue weighted by Gasteiger charge is 2.46. The van der Waals surface area contributed by atoms with Gasteiger partial charge < -0.3 is 10.6 Å². The highest BCUT2D eigenvalue weighted by atomic mass is 127. The van der Waals surface area contributed by atoms with Crippen LogP contribution < -0.4 is 10.6 Å². The third-order valence-corrected chi connectivity index (χ3v) is 11.5. The standard InChI is InChI=1S/C27H20IN3O3.C21H17N3O3/c1-16(18-8-4-10-19(28)15-18)24(31-26(33)20-11-2-3-12-21(20)27(31)34)25(32)30-22-13-5-7-17-9-6-14-29-23(17)22;1-2-17(24-20(26)14-9-3-4-10-15(14)21(24)27)19(25)23-16-11-5-7-13-8-6-12-22-18(13)16/h2-16,24H,1H3,(H,30,32);3-12,17H,2H2,1H3,(H,23,25)/t16?,24-;17-/m00/s1. The van der Waals surface area contributed by atoms with Gasteiger partial charge in [-0.15, -0.1) is 0 Å². The van der Waals surface area contributed by atoms with E-state index in [0.717, 1.165) is 29.7 Å². The van der Waals surface area contributed by atoms with Crippen molar-refractivity contribution in [3.63, 3.8) is 0 Å². The lowest BCUT2D eigenvalue weighted by Gasteiger charge is -2.30. The van der Waals surface area contributed by atoms with Gasteiger partial charge in [0, 0.05) is 32.7 Å². The molecule has 12 nitrogen and oxygen atoms in total. The van der Waals surface area contributed by atoms with Crippen molar-refractivity contribution in [2.24, 2.45) is 0 Å². The molecule has 7 aromatic rings. The Morgan fingerprint density at radius 1 is 0.574 bits per heavy atom. The second kappa shape index (κ2) is 17.2. The van der Waals surface area contributed by atoms with Gasteiger partial charge in [0.1, 0.15) is 12.1 Å². The molecule has 0 fully saturated rings. The minimum atomic E-state index is -1.05. The van der Waals surface area contributed by atoms with Gasteiger partial charge in [0.25, 0.3) is 23.6 Å². The summed E-state index contributed by atoms with van der Waals surface area (Å²) in [5, 5.41) is 7.55. The summed E-state index contributed by atoms with van der Waals surface area (Å²) in [6.07, 6.45) is 3.63. The number of imide groups is 2. The Hall–Kier alpha value is -7.13. The fourth-order valence-corrected chi connectivity index (χ4v) is 8.38. The SMILES string of the molecule is CC(c1cccc(I)c1)[C@@H](C(=O)Nc1cccc2cccnc12)N1C(=O)c2ccccc2C1=O.CC[C@@H](C(=O)Nc1cccc2cccnc12)N1C(=O)c2ccccc2C1=O. The normalized spacial score (nSPS) is 14.5. The van der Waals surface area contributed by atoms with Crippen LogP contribution in [0.2, 0.25) is 0 Å². The highest BCUT2D eigenvalue weighted by molar-refractivity contribution is 14.1. The number of para-hydroxylation sites is 2. The maximum atomic E-state index is 13.8. The first-order valence-corrected chi connectivity index (χ1v) is 20.6. The number of anilines is 2. The minimum absolute atomic E-state index is 0.312. The van der Waals surface area contributed by atoms with Crippen LogP contribution in [0.1, 0.15) is 73.2 Å². The smallest absolute Gasteiger partial charge is 0.262 e. The molecular weight excluding hydrogens is 883 g/mol. The minimum Gasteiger partial charge on any atom is -0.322 e. The third kappa shape index (κ3) is 7.75. The summed E-state index contributed by atoms with van der Waals surface area (Å²) in [4.78, 5) is 89.6. The second-order valence-corrected chi connectivity index (χ2v) is 15.7. The van der Waals surface area contributed by atoms with E-state index < -0.39 is 53.4 Å². The fraction of sp³-hybridized carbons (Fsp3) is 0.125. The zero-order valence-electron chi connectivity index (χ0n) is 32.9. The lowest BCUT2D eigenvalue weighted by molar-refractivity contribution is -0.121. The first-order valence-electron chi connectivity index (χ1n) is 19.6. The maximum absolute atomic E-state index is 13.8. The van der Waals surface area contributed by atoms with Crippen molar-refractivity contribution in [2.75, 3.05) is 10.6 Å². The molecule has 6 amide bonds. The van der Waals surface area contributed by atoms with Crippen LogP contribution >= 0.6 is 22.6 Å². The number of halogens is 1. The Bertz CT molecular complexity index is 2840. The van der Waals surface area contributed by atoms with E-state index >= 15 is 0 Å². The molecule has 4 heterocycles. The first-order chi connectivity index (χ1) is 29.6. The Kier molecular flexibility index (Phi) is 11.5. The molecule has 2 aliphatic heterocycles. The van der Waals surface area contributed by atoms with E-state index in [-0.39, 0.29) is 0 Å². The molecule has 61 heavy (non-hydrogen) atoms. The van der Waals surface area contributed by atoms with Gasteiger partial charge in [-0.05, 0) is 95.2 Å². The van der Waals surface area contributed by atoms with Crippen molar-refractivity contribution in [3.8, 4) is 0 Å². The fourth-order valence-electron chi connectivity index (χ4n) is 7.81. The number of carbonyl (C=O) groups excluding carboxylic acids is 6. The van der Waals surface area contributed by atoms with Gasteiger partial charge in [-0.2, -0.15) is 0 Å². The van der Waals surface area contributed by atoms with Crippen molar-refractivity contribution in [1.29, 1.82) is 0 Å². The molecule has 0 saturated heterocycles. The molecule has 13 heteroatoms. The molecule has 1 unspecified atom stereocenters. The molecular formula is C48H37IN6O6. The van der Waals surface area contributed by atoms with Crippen LogP contribution in [0.25, 0.3) is 21.8 Å². The summed E-state index contributed by atoms with van der Waals surface area (Å²) in [6, 6.07) is 37.5. The molecule has 3 atom stereocenters. The molecule has 0 saturated carbocycles. The highest BCUT2D eigenvalue weighted by Crippen LogP contribution is 2.33. The van der Waals surface area contributed by atoms with Gasteiger partial charge in [0.05, 0.1) is 44.7 Å². The van der Waals surface area contributed by atoms with Crippen LogP contribution in [0.15, 0.2) is 146 Å². The molecule has 302 valence electrons. The Labute approximate surface area is 364 Å². The number of pyridine rings is 2. The number of hydrogen-bond acceptors (Lipinski definition) is 8. The molecule has 5 aromatic carbocycles. The van der Waals surface area contributed by atoms with Gasteiger partial charge >= 0.3 is 0 Å². The van der Waals surface area contributed by atoms with E-state index in [1.54, 1.807) is 80.0 Å². The van der Waals surface area contributed by atoms with E-state index in [4.69, 9.17) is 0 Å². The average Bonchev–Trinajstić information content (AvgIpc) is 3.68. The van der Waals surface area contributed by atoms with E-state index in [0.29, 0.717) is 51.1 Å². The molecule has 0 aliphatic carbocycles. The van der Waals surface area contributed by atoms with E-state index in [9.17, 15) is 28.8 Å². The van der Waals surface area contributed by atoms with Crippen LogP contribution in [0.4, 0.5) is 11.4 Å². The van der Waals surface area contributed by atoms with Crippen molar-refractivity contribution in [1.82, 2.24) is 19.8 Å². The molecule has 2 N–H and O–H groups in total. The second-order valence-electron chi connectivity index (χ2n) is 14.5. The lowest BCUT2D eigenvalue weighted by Crippen LogP contribution is -2.50. The van der Waals surface area contributed by atoms with Crippen LogP contribution in [0.5, 0.6) is 0 Å². The number of nitrogens with zero attached hydrogens (tertiary/aromatic N) is 4. The predicted octanol–water partition coefficient (Wildman–Crippen LogP) is 8.49. The third-order valence-electron chi connectivity index (χ3n) is 10.8. The van der Waals surface area contributed by atoms with Crippen molar-refractivity contribution in [3.05, 3.63) is 177 Å². The monoisotopic (exact) mass is 920 g/mol. The Morgan fingerprint density at radius 3 is 1.49 bits per heavy atom. The van der Waals surface area contributed by atoms with Crippen LogP contribution in [-0.2, 0) is 9.59 Å². The number of rotatable bonds is 9. The predicted molar refractivity (Wildman–Crippen MR) is 240 cm³/mol. The molecule has 0 bridgehead atoms. The van der Waals surface area contributed by atoms with E-state index in [2.05, 4.69) is 43.2 Å². The first kappa shape index (κ1) is 40.6. The number of nitrogens with one attached hydrogen (secondary N) is 2. The summed E-state index contributed by atoms with van der Waals surface area (Å²) in [5.74, 6) is -3.10. The zero-order chi connectivity index (χ0) is 42.8. The number of amides is 6. The van der Waals surface area contributed by atoms with E-state index in [1.165, 1.54) is 0 Å². The van der Waals surface area contributed by atoms with Gasteiger partial charge in [-0.25, -0.2) is 0 Å². The molecule has 2 aliphatic rings. The summed E-state index contributed by atoms with van der Waals surface area (Å²) in [7, 11) is 0. The Balaban J connectivity index is 0.000000173. The number of aromatic nitrogens is 2. The van der Waals surface area contributed by atoms with Gasteiger partial charge in [-0.1, -0.05) is 86.6 Å². The van der Waals surface area contributed by atoms with Crippen molar-refractivity contribution >= 4 is 91.2 Å². The molecule has 9 rings (SSSR count). The largest absolute Gasteiger partial charge is 0.322 e. The number of fused-ring (bicyclic) bond motifs is 4. The van der Waals surface area contributed by atoms with Crippen LogP contribution in [-0.4, -0.2) is 67.3 Å². The Morgan fingerprint density at radius 2 is 1.02 bits per heavy atom. The van der Waals surface area contributed by atoms with Crippen molar-refractivity contribution in [2.45, 2.75) is 38.3 Å². The topological polar surface area (TPSA) is 159 Å². The van der Waals surface area contributed by atoms with Gasteiger partial charge in [0.2, 0.25) is 11.8 Å². The summed E-state index contributed by atoms with van der Waals surface area (Å²) in [5.41, 5.74) is 4.53. The number of benzene rings is 5. The van der Waals surface area contributed by atoms with Crippen LogP contribution in [0, 0.1) is 3.57 Å². The summed E-state index contributed by atoms with van der Waals surface area (Å²) >= 11 is 2.21. The van der Waals surface area contributed by atoms with E-state index in [1.807, 2.05) is 79.7 Å². The molecule has 0 spiro atoms. The summed E-state index contributed by atoms with van der Waals surface area (Å²) < 4.78 is 1.00. The summed E-state index contributed by atoms with van der Waals surface area (Å²) in [6.45, 7) is 3.63. The number of hydrogen-bond donors (Lipinski definition) is 2. The lowest BCUT2D eigenvalue weighted by atomic mass is 9.91. The molecule has 0 radical (unpaired) electrons. The quantitative estimate of drug-likeness (QED) is 0.108. The zero-order valence-corrected chi connectivity index (χ0v) is 35.1. The van der Waals surface area contributed by atoms with Gasteiger partial charge in [0.15, 0.2) is 0 Å². The average molecular weight is 921 g/mol. The molecule has 2 aromatic heterocycles. The van der Waals surface area contributed by atoms with Crippen LogP contribution in [0.3, 0.4) is 0 Å². The maximum Gasteiger partial charge on any atom is 0.262 e. The number of carbonyl (C=O) groups is 6. The van der Waals surface area contributed by atoms with Crippen molar-refractivity contribution < 1.29 is 28.8 Å².